The fraction of sp³-hybridized carbons (Fsp3) is 0.556. The number of hydrogen-bond acceptors (Lipinski definition) is 2. The minimum Gasteiger partial charge on any atom is -0.351 e. The maximum atomic E-state index is 11.7. The van der Waals surface area contributed by atoms with Gasteiger partial charge in [0.05, 0.1) is 6.33 Å². The molecular formula is C9H13F2N3O. The molecule has 0 aromatic carbocycles. The monoisotopic (exact) mass is 217 g/mol. The first-order valence-electron chi connectivity index (χ1n) is 4.72. The molecule has 0 bridgehead atoms. The van der Waals surface area contributed by atoms with Gasteiger partial charge >= 0.3 is 6.43 Å². The van der Waals surface area contributed by atoms with Crippen LogP contribution in [0.15, 0.2) is 18.7 Å². The third-order valence-corrected chi connectivity index (χ3v) is 1.90. The molecule has 4 nitrogen and oxygen atoms in total. The van der Waals surface area contributed by atoms with E-state index in [1.54, 1.807) is 12.5 Å². The zero-order valence-electron chi connectivity index (χ0n) is 8.20. The highest BCUT2D eigenvalue weighted by molar-refractivity contribution is 5.78. The fourth-order valence-electron chi connectivity index (χ4n) is 1.13. The van der Waals surface area contributed by atoms with Crippen LogP contribution in [0, 0.1) is 0 Å². The third kappa shape index (κ3) is 4.53. The number of amides is 1. The maximum Gasteiger partial charge on any atom is 0.315 e. The van der Waals surface area contributed by atoms with E-state index in [4.69, 9.17) is 0 Å². The maximum absolute atomic E-state index is 11.7. The lowest BCUT2D eigenvalue weighted by atomic mass is 10.3. The Hall–Kier alpha value is -1.46. The normalized spacial score (nSPS) is 10.6. The van der Waals surface area contributed by atoms with Gasteiger partial charge in [0.1, 0.15) is 0 Å². The van der Waals surface area contributed by atoms with Gasteiger partial charge in [0.2, 0.25) is 0 Å². The van der Waals surface area contributed by atoms with E-state index in [1.807, 2.05) is 10.8 Å². The van der Waals surface area contributed by atoms with E-state index >= 15 is 0 Å². The van der Waals surface area contributed by atoms with Crippen LogP contribution in [0.1, 0.15) is 12.8 Å². The summed E-state index contributed by atoms with van der Waals surface area (Å²) in [6, 6.07) is 0. The van der Waals surface area contributed by atoms with Gasteiger partial charge in [-0.1, -0.05) is 0 Å². The van der Waals surface area contributed by atoms with Crippen molar-refractivity contribution in [1.29, 1.82) is 0 Å². The van der Waals surface area contributed by atoms with E-state index < -0.39 is 12.3 Å². The number of unbranched alkanes of at least 4 members (excludes halogenated alkanes) is 1. The predicted molar refractivity (Wildman–Crippen MR) is 50.5 cm³/mol. The summed E-state index contributed by atoms with van der Waals surface area (Å²) < 4.78 is 25.4. The second-order valence-electron chi connectivity index (χ2n) is 3.10. The molecule has 0 saturated carbocycles. The summed E-state index contributed by atoms with van der Waals surface area (Å²) in [5.74, 6) is -1.20. The summed E-state index contributed by atoms with van der Waals surface area (Å²) in [6.07, 6.45) is 3.78. The van der Waals surface area contributed by atoms with E-state index in [0.29, 0.717) is 6.42 Å². The average molecular weight is 217 g/mol. The Balaban J connectivity index is 2.00. The first kappa shape index (κ1) is 11.6. The second-order valence-corrected chi connectivity index (χ2v) is 3.10. The number of carbonyl (C=O) groups excluding carboxylic acids is 1. The minimum absolute atomic E-state index is 0.290. The molecule has 15 heavy (non-hydrogen) atoms. The SMILES string of the molecule is O=C(NCCCCn1ccnc1)C(F)F. The lowest BCUT2D eigenvalue weighted by molar-refractivity contribution is -0.131. The van der Waals surface area contributed by atoms with Crippen molar-refractivity contribution in [2.45, 2.75) is 25.8 Å². The molecule has 1 N–H and O–H groups in total. The molecule has 0 radical (unpaired) electrons. The number of carbonyl (C=O) groups is 1. The van der Waals surface area contributed by atoms with Crippen molar-refractivity contribution in [2.24, 2.45) is 0 Å². The number of imidazole rings is 1. The van der Waals surface area contributed by atoms with Crippen molar-refractivity contribution < 1.29 is 13.6 Å². The molecule has 0 saturated heterocycles. The Labute approximate surface area is 86.3 Å². The molecule has 0 aliphatic rings. The number of nitrogens with one attached hydrogen (secondary N) is 1. The van der Waals surface area contributed by atoms with Crippen molar-refractivity contribution >= 4 is 5.91 Å². The largest absolute Gasteiger partial charge is 0.351 e. The lowest BCUT2D eigenvalue weighted by Gasteiger charge is -2.04. The fourth-order valence-corrected chi connectivity index (χ4v) is 1.13. The number of aryl methyl sites for hydroxylation is 1. The van der Waals surface area contributed by atoms with Crippen molar-refractivity contribution in [1.82, 2.24) is 14.9 Å². The van der Waals surface area contributed by atoms with Crippen LogP contribution in [0.3, 0.4) is 0 Å². The van der Waals surface area contributed by atoms with E-state index in [9.17, 15) is 13.6 Å². The number of alkyl halides is 2. The molecule has 0 fully saturated rings. The van der Waals surface area contributed by atoms with Crippen molar-refractivity contribution in [3.63, 3.8) is 0 Å². The molecule has 0 unspecified atom stereocenters. The molecule has 1 heterocycles. The highest BCUT2D eigenvalue weighted by Crippen LogP contribution is 1.95. The standard InChI is InChI=1S/C9H13F2N3O/c10-8(11)9(15)13-3-1-2-5-14-6-4-12-7-14/h4,6-8H,1-3,5H2,(H,13,15). The van der Waals surface area contributed by atoms with Crippen LogP contribution in [0.4, 0.5) is 8.78 Å². The molecule has 0 spiro atoms. The topological polar surface area (TPSA) is 46.9 Å². The third-order valence-electron chi connectivity index (χ3n) is 1.90. The zero-order chi connectivity index (χ0) is 11.1. The van der Waals surface area contributed by atoms with Gasteiger partial charge in [0.25, 0.3) is 5.91 Å². The average Bonchev–Trinajstić information content (AvgIpc) is 2.69. The van der Waals surface area contributed by atoms with Gasteiger partial charge in [-0.25, -0.2) is 4.98 Å². The molecule has 6 heteroatoms. The second kappa shape index (κ2) is 6.10. The van der Waals surface area contributed by atoms with E-state index in [-0.39, 0.29) is 6.54 Å². The number of nitrogens with zero attached hydrogens (tertiary/aromatic N) is 2. The molecule has 1 rings (SSSR count). The first-order valence-corrected chi connectivity index (χ1v) is 4.72. The number of hydrogen-bond donors (Lipinski definition) is 1. The molecule has 84 valence electrons. The Morgan fingerprint density at radius 1 is 1.47 bits per heavy atom. The summed E-state index contributed by atoms with van der Waals surface area (Å²) >= 11 is 0. The van der Waals surface area contributed by atoms with Gasteiger partial charge < -0.3 is 9.88 Å². The summed E-state index contributed by atoms with van der Waals surface area (Å²) in [5, 5.41) is 2.15. The van der Waals surface area contributed by atoms with Gasteiger partial charge in [-0.2, -0.15) is 8.78 Å². The van der Waals surface area contributed by atoms with Gasteiger partial charge in [-0.3, -0.25) is 4.79 Å². The predicted octanol–water partition coefficient (Wildman–Crippen LogP) is 1.04. The summed E-state index contributed by atoms with van der Waals surface area (Å²) in [5.41, 5.74) is 0. The quantitative estimate of drug-likeness (QED) is 0.724. The van der Waals surface area contributed by atoms with Gasteiger partial charge in [0.15, 0.2) is 0 Å². The van der Waals surface area contributed by atoms with Crippen LogP contribution < -0.4 is 5.32 Å². The van der Waals surface area contributed by atoms with E-state index in [1.165, 1.54) is 0 Å². The zero-order valence-corrected chi connectivity index (χ0v) is 8.20. The first-order chi connectivity index (χ1) is 7.20. The smallest absolute Gasteiger partial charge is 0.315 e. The highest BCUT2D eigenvalue weighted by Gasteiger charge is 2.13. The number of aromatic nitrogens is 2. The molecule has 1 amide bonds. The van der Waals surface area contributed by atoms with Crippen LogP contribution in [0.25, 0.3) is 0 Å². The number of rotatable bonds is 6. The molecular weight excluding hydrogens is 204 g/mol. The van der Waals surface area contributed by atoms with Gasteiger partial charge in [-0.05, 0) is 12.8 Å². The molecule has 0 aliphatic heterocycles. The summed E-state index contributed by atoms with van der Waals surface area (Å²) in [4.78, 5) is 14.3. The Kier molecular flexibility index (Phi) is 4.73. The van der Waals surface area contributed by atoms with Crippen LogP contribution in [-0.2, 0) is 11.3 Å². The molecule has 0 atom stereocenters. The minimum atomic E-state index is -2.92. The highest BCUT2D eigenvalue weighted by atomic mass is 19.3. The summed E-state index contributed by atoms with van der Waals surface area (Å²) in [7, 11) is 0. The Morgan fingerprint density at radius 2 is 2.27 bits per heavy atom. The van der Waals surface area contributed by atoms with E-state index in [2.05, 4.69) is 10.3 Å². The molecule has 1 aromatic rings. The van der Waals surface area contributed by atoms with Crippen molar-refractivity contribution in [3.8, 4) is 0 Å². The van der Waals surface area contributed by atoms with Crippen LogP contribution >= 0.6 is 0 Å². The van der Waals surface area contributed by atoms with Gasteiger partial charge in [0, 0.05) is 25.5 Å². The Bertz CT molecular complexity index is 288. The lowest BCUT2D eigenvalue weighted by Crippen LogP contribution is -2.30. The Morgan fingerprint density at radius 3 is 2.87 bits per heavy atom. The summed E-state index contributed by atoms with van der Waals surface area (Å²) in [6.45, 7) is 1.07. The van der Waals surface area contributed by atoms with Crippen molar-refractivity contribution in [3.05, 3.63) is 18.7 Å². The van der Waals surface area contributed by atoms with E-state index in [0.717, 1.165) is 13.0 Å². The van der Waals surface area contributed by atoms with Crippen LogP contribution in [-0.4, -0.2) is 28.4 Å². The van der Waals surface area contributed by atoms with Gasteiger partial charge in [-0.15, -0.1) is 0 Å². The number of halogens is 2. The molecule has 1 aromatic heterocycles. The van der Waals surface area contributed by atoms with Crippen LogP contribution in [0.2, 0.25) is 0 Å². The van der Waals surface area contributed by atoms with Crippen molar-refractivity contribution in [2.75, 3.05) is 6.54 Å². The molecule has 0 aliphatic carbocycles. The van der Waals surface area contributed by atoms with Crippen LogP contribution in [0.5, 0.6) is 0 Å².